The minimum atomic E-state index is -0.923. The van der Waals surface area contributed by atoms with Gasteiger partial charge in [-0.1, -0.05) is 32.1 Å². The minimum Gasteiger partial charge on any atom is -0.480 e. The molecule has 4 nitrogen and oxygen atoms in total. The van der Waals surface area contributed by atoms with E-state index in [1.807, 2.05) is 6.26 Å². The van der Waals surface area contributed by atoms with Crippen LogP contribution in [-0.4, -0.2) is 35.0 Å². The highest BCUT2D eigenvalue weighted by atomic mass is 32.2. The maximum Gasteiger partial charge on any atom is 0.326 e. The number of amides is 1. The zero-order valence-corrected chi connectivity index (χ0v) is 12.5. The summed E-state index contributed by atoms with van der Waals surface area (Å²) in [5.41, 5.74) is 0. The van der Waals surface area contributed by atoms with Crippen LogP contribution in [0.15, 0.2) is 0 Å². The molecule has 1 aliphatic carbocycles. The average Bonchev–Trinajstić information content (AvgIpc) is 2.33. The third kappa shape index (κ3) is 6.32. The molecule has 19 heavy (non-hydrogen) atoms. The Balaban J connectivity index is 2.46. The van der Waals surface area contributed by atoms with Crippen molar-refractivity contribution < 1.29 is 14.7 Å². The van der Waals surface area contributed by atoms with Crippen molar-refractivity contribution in [1.82, 2.24) is 5.32 Å². The Hall–Kier alpha value is -0.710. The van der Waals surface area contributed by atoms with Crippen molar-refractivity contribution in [3.05, 3.63) is 0 Å². The second-order valence-corrected chi connectivity index (χ2v) is 6.21. The van der Waals surface area contributed by atoms with Crippen LogP contribution in [0.4, 0.5) is 0 Å². The first-order valence-electron chi connectivity index (χ1n) is 7.17. The Morgan fingerprint density at radius 1 is 1.21 bits per heavy atom. The Labute approximate surface area is 119 Å². The summed E-state index contributed by atoms with van der Waals surface area (Å²) in [4.78, 5) is 23.3. The van der Waals surface area contributed by atoms with Gasteiger partial charge in [0.15, 0.2) is 0 Å². The summed E-state index contributed by atoms with van der Waals surface area (Å²) < 4.78 is 0. The molecule has 1 aliphatic rings. The molecule has 1 unspecified atom stereocenters. The standard InChI is InChI=1S/C14H25NO3S/c1-19-10-9-12(14(17)18)15-13(16)11-7-5-3-2-4-6-8-11/h11-12H,2-10H2,1H3,(H,15,16)(H,17,18). The normalized spacial score (nSPS) is 19.2. The number of carbonyl (C=O) groups is 2. The molecule has 0 heterocycles. The molecule has 0 aliphatic heterocycles. The molecule has 110 valence electrons. The van der Waals surface area contributed by atoms with Gasteiger partial charge in [0.05, 0.1) is 0 Å². The Morgan fingerprint density at radius 2 is 1.79 bits per heavy atom. The highest BCUT2D eigenvalue weighted by Crippen LogP contribution is 2.22. The van der Waals surface area contributed by atoms with E-state index in [1.165, 1.54) is 19.3 Å². The average molecular weight is 287 g/mol. The molecule has 0 aromatic rings. The second kappa shape index (κ2) is 9.23. The zero-order chi connectivity index (χ0) is 14.1. The first-order chi connectivity index (χ1) is 9.15. The predicted molar refractivity (Wildman–Crippen MR) is 78.4 cm³/mol. The number of hydrogen-bond acceptors (Lipinski definition) is 3. The molecule has 0 aromatic carbocycles. The molecule has 0 radical (unpaired) electrons. The van der Waals surface area contributed by atoms with Gasteiger partial charge in [0.1, 0.15) is 6.04 Å². The molecular formula is C14H25NO3S. The summed E-state index contributed by atoms with van der Waals surface area (Å²) in [6.45, 7) is 0. The van der Waals surface area contributed by atoms with E-state index in [4.69, 9.17) is 5.11 Å². The number of carboxylic acid groups (broad SMARTS) is 1. The van der Waals surface area contributed by atoms with Crippen LogP contribution in [0.1, 0.15) is 51.4 Å². The number of rotatable bonds is 6. The van der Waals surface area contributed by atoms with Gasteiger partial charge in [-0.05, 0) is 31.3 Å². The molecule has 1 saturated carbocycles. The van der Waals surface area contributed by atoms with E-state index in [0.29, 0.717) is 6.42 Å². The highest BCUT2D eigenvalue weighted by molar-refractivity contribution is 7.98. The SMILES string of the molecule is CSCCC(NC(=O)C1CCCCCCC1)C(=O)O. The lowest BCUT2D eigenvalue weighted by Gasteiger charge is -2.21. The molecule has 1 atom stereocenters. The van der Waals surface area contributed by atoms with Crippen LogP contribution in [0.2, 0.25) is 0 Å². The number of carboxylic acids is 1. The molecule has 0 spiro atoms. The molecular weight excluding hydrogens is 262 g/mol. The van der Waals surface area contributed by atoms with E-state index in [-0.39, 0.29) is 11.8 Å². The lowest BCUT2D eigenvalue weighted by Crippen LogP contribution is -2.44. The smallest absolute Gasteiger partial charge is 0.326 e. The van der Waals surface area contributed by atoms with Gasteiger partial charge in [-0.2, -0.15) is 11.8 Å². The van der Waals surface area contributed by atoms with Gasteiger partial charge in [-0.3, -0.25) is 4.79 Å². The topological polar surface area (TPSA) is 66.4 Å². The van der Waals surface area contributed by atoms with Gasteiger partial charge >= 0.3 is 5.97 Å². The van der Waals surface area contributed by atoms with Crippen molar-refractivity contribution in [1.29, 1.82) is 0 Å². The van der Waals surface area contributed by atoms with Crippen molar-refractivity contribution in [3.63, 3.8) is 0 Å². The maximum absolute atomic E-state index is 12.2. The summed E-state index contributed by atoms with van der Waals surface area (Å²) >= 11 is 1.60. The van der Waals surface area contributed by atoms with E-state index < -0.39 is 12.0 Å². The van der Waals surface area contributed by atoms with Crippen LogP contribution in [0.25, 0.3) is 0 Å². The summed E-state index contributed by atoms with van der Waals surface area (Å²) in [6.07, 6.45) is 10.1. The van der Waals surface area contributed by atoms with E-state index in [2.05, 4.69) is 5.32 Å². The number of hydrogen-bond donors (Lipinski definition) is 2. The monoisotopic (exact) mass is 287 g/mol. The van der Waals surface area contributed by atoms with E-state index in [1.54, 1.807) is 11.8 Å². The van der Waals surface area contributed by atoms with Crippen LogP contribution in [0.5, 0.6) is 0 Å². The van der Waals surface area contributed by atoms with Crippen LogP contribution < -0.4 is 5.32 Å². The fourth-order valence-electron chi connectivity index (χ4n) is 2.50. The molecule has 5 heteroatoms. The molecule has 0 bridgehead atoms. The fraction of sp³-hybridized carbons (Fsp3) is 0.857. The maximum atomic E-state index is 12.2. The quantitative estimate of drug-likeness (QED) is 0.788. The van der Waals surface area contributed by atoms with Crippen molar-refractivity contribution in [2.45, 2.75) is 57.4 Å². The van der Waals surface area contributed by atoms with Gasteiger partial charge in [-0.25, -0.2) is 4.79 Å². The van der Waals surface area contributed by atoms with Gasteiger partial charge in [-0.15, -0.1) is 0 Å². The zero-order valence-electron chi connectivity index (χ0n) is 11.7. The van der Waals surface area contributed by atoms with Gasteiger partial charge < -0.3 is 10.4 Å². The Morgan fingerprint density at radius 3 is 2.32 bits per heavy atom. The van der Waals surface area contributed by atoms with Crippen LogP contribution in [0, 0.1) is 5.92 Å². The lowest BCUT2D eigenvalue weighted by atomic mass is 9.90. The second-order valence-electron chi connectivity index (χ2n) is 5.22. The molecule has 1 amide bonds. The molecule has 1 fully saturated rings. The molecule has 2 N–H and O–H groups in total. The third-order valence-corrected chi connectivity index (χ3v) is 4.35. The van der Waals surface area contributed by atoms with Crippen molar-refractivity contribution >= 4 is 23.6 Å². The largest absolute Gasteiger partial charge is 0.480 e. The van der Waals surface area contributed by atoms with E-state index >= 15 is 0 Å². The van der Waals surface area contributed by atoms with E-state index in [0.717, 1.165) is 31.4 Å². The van der Waals surface area contributed by atoms with Crippen LogP contribution in [-0.2, 0) is 9.59 Å². The molecule has 0 aromatic heterocycles. The van der Waals surface area contributed by atoms with Gasteiger partial charge in [0, 0.05) is 5.92 Å². The first kappa shape index (κ1) is 16.3. The Bertz CT molecular complexity index is 288. The van der Waals surface area contributed by atoms with E-state index in [9.17, 15) is 9.59 Å². The van der Waals surface area contributed by atoms with Crippen molar-refractivity contribution in [2.24, 2.45) is 5.92 Å². The van der Waals surface area contributed by atoms with Gasteiger partial charge in [0.25, 0.3) is 0 Å². The van der Waals surface area contributed by atoms with Gasteiger partial charge in [0.2, 0.25) is 5.91 Å². The summed E-state index contributed by atoms with van der Waals surface area (Å²) in [5, 5.41) is 11.8. The predicted octanol–water partition coefficient (Wildman–Crippen LogP) is 2.67. The third-order valence-electron chi connectivity index (χ3n) is 3.70. The Kier molecular flexibility index (Phi) is 7.94. The highest BCUT2D eigenvalue weighted by Gasteiger charge is 2.25. The summed E-state index contributed by atoms with van der Waals surface area (Å²) in [5.74, 6) is -0.220. The van der Waals surface area contributed by atoms with Crippen molar-refractivity contribution in [2.75, 3.05) is 12.0 Å². The first-order valence-corrected chi connectivity index (χ1v) is 8.56. The minimum absolute atomic E-state index is 0.0106. The van der Waals surface area contributed by atoms with Crippen LogP contribution >= 0.6 is 11.8 Å². The number of aliphatic carboxylic acids is 1. The number of nitrogens with one attached hydrogen (secondary N) is 1. The molecule has 0 saturated heterocycles. The lowest BCUT2D eigenvalue weighted by molar-refractivity contribution is -0.142. The fourth-order valence-corrected chi connectivity index (χ4v) is 2.97. The van der Waals surface area contributed by atoms with Crippen molar-refractivity contribution in [3.8, 4) is 0 Å². The summed E-state index contributed by atoms with van der Waals surface area (Å²) in [6, 6.07) is -0.731. The molecule has 1 rings (SSSR count). The summed E-state index contributed by atoms with van der Waals surface area (Å²) in [7, 11) is 0. The number of carbonyl (C=O) groups excluding carboxylic acids is 1. The number of thioether (sulfide) groups is 1. The van der Waals surface area contributed by atoms with Crippen LogP contribution in [0.3, 0.4) is 0 Å².